The summed E-state index contributed by atoms with van der Waals surface area (Å²) in [5, 5.41) is 0. The van der Waals surface area contributed by atoms with Gasteiger partial charge in [-0.1, -0.05) is 37.6 Å². The highest BCUT2D eigenvalue weighted by atomic mass is 35.5. The summed E-state index contributed by atoms with van der Waals surface area (Å²) >= 11 is 11.2. The molecule has 2 heteroatoms. The fourth-order valence-electron chi connectivity index (χ4n) is 1.18. The molecule has 0 aliphatic heterocycles. The summed E-state index contributed by atoms with van der Waals surface area (Å²) in [6, 6.07) is 0. The summed E-state index contributed by atoms with van der Waals surface area (Å²) in [6.07, 6.45) is 8.29. The summed E-state index contributed by atoms with van der Waals surface area (Å²) in [5.74, 6) is 1.89. The highest BCUT2D eigenvalue weighted by Crippen LogP contribution is 2.15. The van der Waals surface area contributed by atoms with Crippen LogP contribution in [0.3, 0.4) is 0 Å². The van der Waals surface area contributed by atoms with E-state index < -0.39 is 0 Å². The van der Waals surface area contributed by atoms with Crippen molar-refractivity contribution in [3.63, 3.8) is 0 Å². The van der Waals surface area contributed by atoms with Gasteiger partial charge in [0, 0.05) is 11.8 Å². The minimum atomic E-state index is 0.593. The monoisotopic (exact) mass is 220 g/mol. The Bertz CT molecular complexity index is 169. The first-order chi connectivity index (χ1) is 6.20. The van der Waals surface area contributed by atoms with E-state index in [0.29, 0.717) is 17.7 Å². The number of halogens is 2. The van der Waals surface area contributed by atoms with Gasteiger partial charge in [-0.15, -0.1) is 23.2 Å². The van der Waals surface area contributed by atoms with Crippen LogP contribution in [0.1, 0.15) is 26.7 Å². The first-order valence-electron chi connectivity index (χ1n) is 4.65. The third-order valence-electron chi connectivity index (χ3n) is 1.67. The van der Waals surface area contributed by atoms with Crippen molar-refractivity contribution in [3.05, 3.63) is 23.8 Å². The van der Waals surface area contributed by atoms with Crippen molar-refractivity contribution in [1.82, 2.24) is 0 Å². The number of alkyl halides is 2. The van der Waals surface area contributed by atoms with Crippen molar-refractivity contribution in [3.8, 4) is 0 Å². The van der Waals surface area contributed by atoms with E-state index in [2.05, 4.69) is 26.0 Å². The van der Waals surface area contributed by atoms with Crippen LogP contribution in [-0.4, -0.2) is 11.8 Å². The lowest BCUT2D eigenvalue weighted by Crippen LogP contribution is -1.91. The molecule has 0 spiro atoms. The smallest absolute Gasteiger partial charge is 0.0406 e. The molecule has 0 aromatic rings. The first-order valence-corrected chi connectivity index (χ1v) is 5.72. The van der Waals surface area contributed by atoms with Crippen molar-refractivity contribution in [2.75, 3.05) is 11.8 Å². The highest BCUT2D eigenvalue weighted by Gasteiger charge is 1.98. The number of hydrogen-bond acceptors (Lipinski definition) is 0. The minimum Gasteiger partial charge on any atom is -0.122 e. The standard InChI is InChI=1S/C11H18Cl2/c1-10(2)9-11(6-8-13)5-3-4-7-12/h3-4,6,10H,5,7-9H2,1-2H3. The second-order valence-electron chi connectivity index (χ2n) is 3.44. The average molecular weight is 221 g/mol. The quantitative estimate of drug-likeness (QED) is 0.461. The predicted molar refractivity (Wildman–Crippen MR) is 62.7 cm³/mol. The Hall–Kier alpha value is 0.0600. The van der Waals surface area contributed by atoms with Gasteiger partial charge in [-0.3, -0.25) is 0 Å². The maximum absolute atomic E-state index is 5.67. The van der Waals surface area contributed by atoms with Crippen LogP contribution in [-0.2, 0) is 0 Å². The molecule has 13 heavy (non-hydrogen) atoms. The van der Waals surface area contributed by atoms with Crippen molar-refractivity contribution >= 4 is 23.2 Å². The maximum atomic E-state index is 5.67. The van der Waals surface area contributed by atoms with Crippen LogP contribution >= 0.6 is 23.2 Å². The lowest BCUT2D eigenvalue weighted by molar-refractivity contribution is 0.634. The third kappa shape index (κ3) is 8.39. The molecule has 0 atom stereocenters. The Kier molecular flexibility index (Phi) is 8.69. The number of allylic oxidation sites excluding steroid dienone is 4. The van der Waals surface area contributed by atoms with E-state index in [1.807, 2.05) is 6.08 Å². The predicted octanol–water partition coefficient (Wildman–Crippen LogP) is 4.38. The zero-order chi connectivity index (χ0) is 10.1. The molecule has 0 rings (SSSR count). The van der Waals surface area contributed by atoms with Gasteiger partial charge in [-0.05, 0) is 18.8 Å². The minimum absolute atomic E-state index is 0.593. The maximum Gasteiger partial charge on any atom is 0.0406 e. The van der Waals surface area contributed by atoms with Gasteiger partial charge in [-0.25, -0.2) is 0 Å². The Morgan fingerprint density at radius 3 is 2.31 bits per heavy atom. The summed E-state index contributed by atoms with van der Waals surface area (Å²) in [4.78, 5) is 0. The topological polar surface area (TPSA) is 0 Å². The van der Waals surface area contributed by atoms with Crippen molar-refractivity contribution < 1.29 is 0 Å². The molecule has 0 saturated carbocycles. The molecule has 0 saturated heterocycles. The van der Waals surface area contributed by atoms with Crippen molar-refractivity contribution in [2.24, 2.45) is 5.92 Å². The highest BCUT2D eigenvalue weighted by molar-refractivity contribution is 6.19. The van der Waals surface area contributed by atoms with Crippen LogP contribution in [0.4, 0.5) is 0 Å². The fraction of sp³-hybridized carbons (Fsp3) is 0.636. The Labute approximate surface area is 91.6 Å². The van der Waals surface area contributed by atoms with Crippen LogP contribution in [0.15, 0.2) is 23.8 Å². The van der Waals surface area contributed by atoms with Crippen LogP contribution in [0.25, 0.3) is 0 Å². The van der Waals surface area contributed by atoms with Gasteiger partial charge in [0.2, 0.25) is 0 Å². The Morgan fingerprint density at radius 2 is 1.85 bits per heavy atom. The molecule has 0 unspecified atom stereocenters. The molecule has 0 bridgehead atoms. The van der Waals surface area contributed by atoms with Crippen molar-refractivity contribution in [1.29, 1.82) is 0 Å². The van der Waals surface area contributed by atoms with E-state index in [-0.39, 0.29) is 0 Å². The lowest BCUT2D eigenvalue weighted by atomic mass is 10.0. The molecule has 0 aliphatic carbocycles. The molecule has 76 valence electrons. The van der Waals surface area contributed by atoms with E-state index in [1.165, 1.54) is 5.57 Å². The summed E-state index contributed by atoms with van der Waals surface area (Å²) in [5.41, 5.74) is 1.41. The summed E-state index contributed by atoms with van der Waals surface area (Å²) < 4.78 is 0. The van der Waals surface area contributed by atoms with Gasteiger partial charge in [0.1, 0.15) is 0 Å². The third-order valence-corrected chi connectivity index (χ3v) is 2.00. The van der Waals surface area contributed by atoms with E-state index in [4.69, 9.17) is 23.2 Å². The van der Waals surface area contributed by atoms with Crippen LogP contribution in [0.2, 0.25) is 0 Å². The van der Waals surface area contributed by atoms with Gasteiger partial charge in [-0.2, -0.15) is 0 Å². The van der Waals surface area contributed by atoms with E-state index in [0.717, 1.165) is 12.8 Å². The van der Waals surface area contributed by atoms with Gasteiger partial charge in [0.25, 0.3) is 0 Å². The zero-order valence-electron chi connectivity index (χ0n) is 8.39. The van der Waals surface area contributed by atoms with Crippen molar-refractivity contribution in [2.45, 2.75) is 26.7 Å². The number of hydrogen-bond donors (Lipinski definition) is 0. The van der Waals surface area contributed by atoms with Gasteiger partial charge in [0.05, 0.1) is 0 Å². The molecule has 0 nitrogen and oxygen atoms in total. The first kappa shape index (κ1) is 13.1. The average Bonchev–Trinajstić information content (AvgIpc) is 2.04. The van der Waals surface area contributed by atoms with Crippen LogP contribution < -0.4 is 0 Å². The second-order valence-corrected chi connectivity index (χ2v) is 4.06. The summed E-state index contributed by atoms with van der Waals surface area (Å²) in [7, 11) is 0. The van der Waals surface area contributed by atoms with Gasteiger partial charge < -0.3 is 0 Å². The second kappa shape index (κ2) is 8.65. The van der Waals surface area contributed by atoms with E-state index in [9.17, 15) is 0 Å². The SMILES string of the molecule is CC(C)CC(=CCCl)CC=CCCl. The molecule has 0 N–H and O–H groups in total. The van der Waals surface area contributed by atoms with E-state index >= 15 is 0 Å². The van der Waals surface area contributed by atoms with Gasteiger partial charge in [0.15, 0.2) is 0 Å². The molecule has 0 fully saturated rings. The zero-order valence-corrected chi connectivity index (χ0v) is 9.91. The Balaban J connectivity index is 3.95. The molecular weight excluding hydrogens is 203 g/mol. The fourth-order valence-corrected chi connectivity index (χ4v) is 1.53. The van der Waals surface area contributed by atoms with Gasteiger partial charge >= 0.3 is 0 Å². The molecular formula is C11H18Cl2. The molecule has 0 aliphatic rings. The van der Waals surface area contributed by atoms with Crippen LogP contribution in [0, 0.1) is 5.92 Å². The Morgan fingerprint density at radius 1 is 1.15 bits per heavy atom. The summed E-state index contributed by atoms with van der Waals surface area (Å²) in [6.45, 7) is 4.43. The molecule has 0 radical (unpaired) electrons. The van der Waals surface area contributed by atoms with E-state index in [1.54, 1.807) is 0 Å². The van der Waals surface area contributed by atoms with Crippen LogP contribution in [0.5, 0.6) is 0 Å². The molecule has 0 aromatic carbocycles. The molecule has 0 amide bonds. The number of rotatable bonds is 6. The molecule has 0 heterocycles. The normalized spacial score (nSPS) is 13.2. The largest absolute Gasteiger partial charge is 0.122 e. The molecule has 0 aromatic heterocycles. The lowest BCUT2D eigenvalue weighted by Gasteiger charge is -2.07.